The maximum Gasteiger partial charge on any atom is 0.416 e. The van der Waals surface area contributed by atoms with Gasteiger partial charge in [-0.05, 0) is 75.6 Å². The lowest BCUT2D eigenvalue weighted by Gasteiger charge is -2.30. The molecule has 0 aliphatic heterocycles. The quantitative estimate of drug-likeness (QED) is 0.309. The Bertz CT molecular complexity index is 1300. The molecule has 0 unspecified atom stereocenters. The van der Waals surface area contributed by atoms with Gasteiger partial charge in [0.05, 0.1) is 12.7 Å². The van der Waals surface area contributed by atoms with Crippen molar-refractivity contribution in [3.63, 3.8) is 0 Å². The zero-order valence-corrected chi connectivity index (χ0v) is 23.5. The van der Waals surface area contributed by atoms with Crippen molar-refractivity contribution < 1.29 is 27.4 Å². The summed E-state index contributed by atoms with van der Waals surface area (Å²) in [5, 5.41) is 11.0. The number of alkyl halides is 3. The number of methoxy groups -OCH3 is 1. The molecular weight excluding hydrogens is 492 g/mol. The lowest BCUT2D eigenvalue weighted by Crippen LogP contribution is -2.25. The Morgan fingerprint density at radius 1 is 0.711 bits per heavy atom. The minimum atomic E-state index is -4.45. The Balaban J connectivity index is 1.90. The Morgan fingerprint density at radius 2 is 1.26 bits per heavy atom. The molecule has 0 aliphatic rings. The molecule has 0 saturated heterocycles. The molecule has 0 bridgehead atoms. The summed E-state index contributed by atoms with van der Waals surface area (Å²) >= 11 is 0. The standard InChI is InChI=1S/C32H38F4O2/c1-29(2,3)28-25(33)15-21(17-27(28)38-8)19-31(6,7)24-14-13-20(16-26(24)37)18-30(4,5)22-11-9-10-12-23(22)32(34,35)36/h9-17,37H,18-19H2,1-8H3. The molecule has 0 saturated carbocycles. The highest BCUT2D eigenvalue weighted by Crippen LogP contribution is 2.41. The molecule has 0 spiro atoms. The summed E-state index contributed by atoms with van der Waals surface area (Å²) in [7, 11) is 1.53. The van der Waals surface area contributed by atoms with Crippen LogP contribution in [-0.2, 0) is 35.3 Å². The number of benzene rings is 3. The van der Waals surface area contributed by atoms with E-state index >= 15 is 4.39 Å². The van der Waals surface area contributed by atoms with Gasteiger partial charge < -0.3 is 9.84 Å². The van der Waals surface area contributed by atoms with E-state index in [4.69, 9.17) is 4.74 Å². The van der Waals surface area contributed by atoms with E-state index < -0.39 is 28.0 Å². The summed E-state index contributed by atoms with van der Waals surface area (Å²) in [6, 6.07) is 14.3. The molecule has 3 aromatic carbocycles. The summed E-state index contributed by atoms with van der Waals surface area (Å²) < 4.78 is 61.5. The Hall–Kier alpha value is -3.02. The van der Waals surface area contributed by atoms with E-state index in [1.54, 1.807) is 26.0 Å². The van der Waals surface area contributed by atoms with Crippen molar-refractivity contribution in [3.05, 3.63) is 93.8 Å². The summed E-state index contributed by atoms with van der Waals surface area (Å²) in [5.41, 5.74) is 0.430. The predicted octanol–water partition coefficient (Wildman–Crippen LogP) is 8.90. The number of phenols is 1. The molecule has 0 amide bonds. The summed E-state index contributed by atoms with van der Waals surface area (Å²) in [4.78, 5) is 0. The zero-order valence-electron chi connectivity index (χ0n) is 23.5. The molecule has 2 nitrogen and oxygen atoms in total. The van der Waals surface area contributed by atoms with E-state index in [9.17, 15) is 18.3 Å². The van der Waals surface area contributed by atoms with E-state index in [0.29, 0.717) is 29.7 Å². The fourth-order valence-corrected chi connectivity index (χ4v) is 5.42. The summed E-state index contributed by atoms with van der Waals surface area (Å²) in [5.74, 6) is 0.221. The van der Waals surface area contributed by atoms with Gasteiger partial charge in [-0.2, -0.15) is 13.2 Å². The third-order valence-corrected chi connectivity index (χ3v) is 7.13. The average molecular weight is 531 g/mol. The first kappa shape index (κ1) is 29.5. The predicted molar refractivity (Wildman–Crippen MR) is 145 cm³/mol. The van der Waals surface area contributed by atoms with Gasteiger partial charge in [-0.25, -0.2) is 4.39 Å². The highest BCUT2D eigenvalue weighted by molar-refractivity contribution is 5.47. The molecule has 3 aromatic rings. The molecule has 1 N–H and O–H groups in total. The minimum Gasteiger partial charge on any atom is -0.508 e. The van der Waals surface area contributed by atoms with E-state index in [-0.39, 0.29) is 17.1 Å². The van der Waals surface area contributed by atoms with Crippen molar-refractivity contribution >= 4 is 0 Å². The summed E-state index contributed by atoms with van der Waals surface area (Å²) in [6.45, 7) is 13.3. The molecule has 0 heterocycles. The number of phenolic OH excluding ortho intramolecular Hbond substituents is 1. The molecule has 206 valence electrons. The normalized spacial score (nSPS) is 13.1. The van der Waals surface area contributed by atoms with Crippen LogP contribution in [0.1, 0.15) is 81.8 Å². The second-order valence-corrected chi connectivity index (χ2v) is 12.4. The van der Waals surface area contributed by atoms with E-state index in [1.165, 1.54) is 25.3 Å². The SMILES string of the molecule is COc1cc(CC(C)(C)c2ccc(CC(C)(C)c3ccccc3C(F)(F)F)cc2O)cc(F)c1C(C)(C)C. The highest BCUT2D eigenvalue weighted by Gasteiger charge is 2.37. The van der Waals surface area contributed by atoms with Crippen LogP contribution in [0.2, 0.25) is 0 Å². The Morgan fingerprint density at radius 3 is 1.79 bits per heavy atom. The molecule has 3 rings (SSSR count). The Labute approximate surface area is 223 Å². The topological polar surface area (TPSA) is 29.5 Å². The third-order valence-electron chi connectivity index (χ3n) is 7.13. The maximum atomic E-state index is 15.1. The van der Waals surface area contributed by atoms with Gasteiger partial charge in [0.2, 0.25) is 0 Å². The van der Waals surface area contributed by atoms with Crippen LogP contribution in [0.4, 0.5) is 17.6 Å². The van der Waals surface area contributed by atoms with Gasteiger partial charge in [0.25, 0.3) is 0 Å². The van der Waals surface area contributed by atoms with Gasteiger partial charge >= 0.3 is 6.18 Å². The molecule has 0 atom stereocenters. The number of hydrogen-bond donors (Lipinski definition) is 1. The molecule has 0 aromatic heterocycles. The van der Waals surface area contributed by atoms with Crippen LogP contribution >= 0.6 is 0 Å². The maximum absolute atomic E-state index is 15.1. The molecule has 6 heteroatoms. The van der Waals surface area contributed by atoms with Crippen LogP contribution in [0.15, 0.2) is 54.6 Å². The minimum absolute atomic E-state index is 0.0613. The van der Waals surface area contributed by atoms with Crippen LogP contribution in [0.3, 0.4) is 0 Å². The zero-order chi connectivity index (χ0) is 28.7. The van der Waals surface area contributed by atoms with Gasteiger partial charge in [-0.3, -0.25) is 0 Å². The van der Waals surface area contributed by atoms with E-state index in [1.807, 2.05) is 52.8 Å². The Kier molecular flexibility index (Phi) is 7.98. The third kappa shape index (κ3) is 6.33. The van der Waals surface area contributed by atoms with Crippen LogP contribution in [0.25, 0.3) is 0 Å². The highest BCUT2D eigenvalue weighted by atomic mass is 19.4. The number of hydrogen-bond acceptors (Lipinski definition) is 2. The number of halogens is 4. The van der Waals surface area contributed by atoms with E-state index in [2.05, 4.69) is 0 Å². The number of ether oxygens (including phenoxy) is 1. The smallest absolute Gasteiger partial charge is 0.416 e. The second kappa shape index (κ2) is 10.3. The first-order valence-electron chi connectivity index (χ1n) is 12.7. The van der Waals surface area contributed by atoms with Crippen LogP contribution in [0, 0.1) is 5.82 Å². The van der Waals surface area contributed by atoms with Crippen LogP contribution < -0.4 is 4.74 Å². The van der Waals surface area contributed by atoms with Crippen molar-refractivity contribution in [2.24, 2.45) is 0 Å². The summed E-state index contributed by atoms with van der Waals surface area (Å²) in [6.07, 6.45) is -3.69. The van der Waals surface area contributed by atoms with Gasteiger partial charge in [0, 0.05) is 5.56 Å². The average Bonchev–Trinajstić information content (AvgIpc) is 2.76. The van der Waals surface area contributed by atoms with Crippen molar-refractivity contribution in [2.45, 2.75) is 83.7 Å². The molecule has 38 heavy (non-hydrogen) atoms. The second-order valence-electron chi connectivity index (χ2n) is 12.4. The van der Waals surface area contributed by atoms with Crippen molar-refractivity contribution in [3.8, 4) is 11.5 Å². The molecule has 0 fully saturated rings. The van der Waals surface area contributed by atoms with Gasteiger partial charge in [-0.1, -0.05) is 78.8 Å². The lowest BCUT2D eigenvalue weighted by molar-refractivity contribution is -0.138. The van der Waals surface area contributed by atoms with Gasteiger partial charge in [0.1, 0.15) is 17.3 Å². The molecule has 0 aliphatic carbocycles. The number of rotatable bonds is 7. The fraction of sp³-hybridized carbons (Fsp3) is 0.438. The largest absolute Gasteiger partial charge is 0.508 e. The van der Waals surface area contributed by atoms with E-state index in [0.717, 1.165) is 17.2 Å². The van der Waals surface area contributed by atoms with Crippen molar-refractivity contribution in [1.82, 2.24) is 0 Å². The molecular formula is C32H38F4O2. The number of aromatic hydroxyl groups is 1. The van der Waals surface area contributed by atoms with Crippen LogP contribution in [0.5, 0.6) is 11.5 Å². The van der Waals surface area contributed by atoms with Crippen molar-refractivity contribution in [1.29, 1.82) is 0 Å². The monoisotopic (exact) mass is 530 g/mol. The first-order chi connectivity index (χ1) is 17.4. The lowest BCUT2D eigenvalue weighted by atomic mass is 9.75. The molecule has 0 radical (unpaired) electrons. The van der Waals surface area contributed by atoms with Crippen molar-refractivity contribution in [2.75, 3.05) is 7.11 Å². The van der Waals surface area contributed by atoms with Gasteiger partial charge in [-0.15, -0.1) is 0 Å². The fourth-order valence-electron chi connectivity index (χ4n) is 5.42. The first-order valence-corrected chi connectivity index (χ1v) is 12.7. The van der Waals surface area contributed by atoms with Gasteiger partial charge in [0.15, 0.2) is 0 Å². The van der Waals surface area contributed by atoms with Crippen LogP contribution in [-0.4, -0.2) is 12.2 Å².